The van der Waals surface area contributed by atoms with Crippen LogP contribution in [0.1, 0.15) is 78.1 Å². The van der Waals surface area contributed by atoms with Crippen molar-refractivity contribution in [3.63, 3.8) is 0 Å². The van der Waals surface area contributed by atoms with Crippen LogP contribution in [-0.4, -0.2) is 0 Å². The van der Waals surface area contributed by atoms with Crippen LogP contribution in [0.4, 0.5) is 0 Å². The van der Waals surface area contributed by atoms with Crippen LogP contribution in [0.25, 0.3) is 0 Å². The summed E-state index contributed by atoms with van der Waals surface area (Å²) < 4.78 is 0. The third kappa shape index (κ3) is 5.02. The Hall–Kier alpha value is 0. The van der Waals surface area contributed by atoms with Crippen LogP contribution in [0, 0.1) is 11.8 Å². The fraction of sp³-hybridized carbons (Fsp3) is 1.00. The van der Waals surface area contributed by atoms with Crippen LogP contribution >= 0.6 is 0 Å². The second-order valence-corrected chi connectivity index (χ2v) is 5.30. The fourth-order valence-corrected chi connectivity index (χ4v) is 2.73. The molecule has 0 spiro atoms. The maximum absolute atomic E-state index is 2.44. The Labute approximate surface area is 90.5 Å². The van der Waals surface area contributed by atoms with E-state index >= 15 is 0 Å². The number of hydrogen-bond donors (Lipinski definition) is 0. The van der Waals surface area contributed by atoms with E-state index in [9.17, 15) is 0 Å². The molecule has 0 heteroatoms. The lowest BCUT2D eigenvalue weighted by Crippen LogP contribution is -2.00. The van der Waals surface area contributed by atoms with Gasteiger partial charge in [-0.3, -0.25) is 0 Å². The maximum atomic E-state index is 2.44. The lowest BCUT2D eigenvalue weighted by molar-refractivity contribution is 0.386. The molecule has 1 fully saturated rings. The van der Waals surface area contributed by atoms with E-state index in [-0.39, 0.29) is 0 Å². The van der Waals surface area contributed by atoms with E-state index in [2.05, 4.69) is 13.8 Å². The van der Waals surface area contributed by atoms with Gasteiger partial charge in [-0.15, -0.1) is 0 Å². The zero-order valence-electron chi connectivity index (χ0n) is 10.2. The number of hydrogen-bond acceptors (Lipinski definition) is 0. The predicted molar refractivity (Wildman–Crippen MR) is 64.5 cm³/mol. The second-order valence-electron chi connectivity index (χ2n) is 5.30. The van der Waals surface area contributed by atoms with E-state index in [0.29, 0.717) is 0 Å². The van der Waals surface area contributed by atoms with E-state index in [1.165, 1.54) is 64.2 Å². The highest BCUT2D eigenvalue weighted by molar-refractivity contribution is 4.63. The molecule has 0 saturated heterocycles. The Morgan fingerprint density at radius 2 is 1.36 bits per heavy atom. The van der Waals surface area contributed by atoms with Crippen LogP contribution in [0.15, 0.2) is 0 Å². The molecule has 14 heavy (non-hydrogen) atoms. The van der Waals surface area contributed by atoms with Crippen molar-refractivity contribution in [2.45, 2.75) is 78.1 Å². The van der Waals surface area contributed by atoms with Gasteiger partial charge < -0.3 is 0 Å². The van der Waals surface area contributed by atoms with Crippen LogP contribution in [0.2, 0.25) is 0 Å². The molecule has 84 valence electrons. The minimum absolute atomic E-state index is 0.991. The first-order valence-corrected chi connectivity index (χ1v) is 6.83. The summed E-state index contributed by atoms with van der Waals surface area (Å²) in [6, 6.07) is 0. The molecular weight excluding hydrogens is 168 g/mol. The minimum Gasteiger partial charge on any atom is -0.0651 e. The summed E-state index contributed by atoms with van der Waals surface area (Å²) in [5.74, 6) is 2.03. The quantitative estimate of drug-likeness (QED) is 0.542. The van der Waals surface area contributed by atoms with Gasteiger partial charge in [0.2, 0.25) is 0 Å². The van der Waals surface area contributed by atoms with Crippen molar-refractivity contribution in [1.29, 1.82) is 0 Å². The molecular formula is C14H28. The molecule has 1 saturated carbocycles. The SMILES string of the molecule is CCC1CCCCCCC(C)CCC1. The molecule has 0 nitrogen and oxygen atoms in total. The van der Waals surface area contributed by atoms with Crippen molar-refractivity contribution >= 4 is 0 Å². The molecule has 0 heterocycles. The molecule has 0 N–H and O–H groups in total. The molecule has 2 unspecified atom stereocenters. The van der Waals surface area contributed by atoms with E-state index in [1.807, 2.05) is 0 Å². The van der Waals surface area contributed by atoms with Gasteiger partial charge in [0.15, 0.2) is 0 Å². The molecule has 2 atom stereocenters. The Bertz CT molecular complexity index is 128. The van der Waals surface area contributed by atoms with Crippen LogP contribution in [-0.2, 0) is 0 Å². The van der Waals surface area contributed by atoms with Crippen LogP contribution in [0.3, 0.4) is 0 Å². The lowest BCUT2D eigenvalue weighted by Gasteiger charge is -2.14. The maximum Gasteiger partial charge on any atom is -0.0417 e. The summed E-state index contributed by atoms with van der Waals surface area (Å²) in [4.78, 5) is 0. The van der Waals surface area contributed by atoms with Crippen LogP contribution < -0.4 is 0 Å². The van der Waals surface area contributed by atoms with Gasteiger partial charge in [0.25, 0.3) is 0 Å². The Morgan fingerprint density at radius 1 is 0.786 bits per heavy atom. The summed E-state index contributed by atoms with van der Waals surface area (Å²) in [7, 11) is 0. The summed E-state index contributed by atoms with van der Waals surface area (Å²) in [6.07, 6.45) is 14.8. The predicted octanol–water partition coefficient (Wildman–Crippen LogP) is 5.17. The summed E-state index contributed by atoms with van der Waals surface area (Å²) >= 11 is 0. The number of rotatable bonds is 1. The molecule has 0 aromatic rings. The summed E-state index contributed by atoms with van der Waals surface area (Å²) in [5, 5.41) is 0. The van der Waals surface area contributed by atoms with Crippen molar-refractivity contribution in [3.05, 3.63) is 0 Å². The molecule has 0 radical (unpaired) electrons. The van der Waals surface area contributed by atoms with E-state index in [4.69, 9.17) is 0 Å². The first kappa shape index (κ1) is 12.1. The molecule has 1 aliphatic rings. The van der Waals surface area contributed by atoms with Crippen molar-refractivity contribution in [1.82, 2.24) is 0 Å². The Morgan fingerprint density at radius 3 is 2.07 bits per heavy atom. The lowest BCUT2D eigenvalue weighted by atomic mass is 9.92. The molecule has 0 bridgehead atoms. The van der Waals surface area contributed by atoms with Gasteiger partial charge in [-0.2, -0.15) is 0 Å². The molecule has 1 aliphatic carbocycles. The van der Waals surface area contributed by atoms with Gasteiger partial charge >= 0.3 is 0 Å². The molecule has 0 amide bonds. The van der Waals surface area contributed by atoms with Crippen LogP contribution in [0.5, 0.6) is 0 Å². The standard InChI is InChI=1S/C14H28/c1-3-14-11-7-5-4-6-9-13(2)10-8-12-14/h13-14H,3-12H2,1-2H3. The largest absolute Gasteiger partial charge is 0.0651 e. The fourth-order valence-electron chi connectivity index (χ4n) is 2.73. The Balaban J connectivity index is 2.27. The minimum atomic E-state index is 0.991. The van der Waals surface area contributed by atoms with Crippen molar-refractivity contribution in [3.8, 4) is 0 Å². The van der Waals surface area contributed by atoms with Crippen molar-refractivity contribution in [2.24, 2.45) is 11.8 Å². The average Bonchev–Trinajstić information content (AvgIpc) is 2.23. The van der Waals surface area contributed by atoms with Gasteiger partial charge in [0.05, 0.1) is 0 Å². The van der Waals surface area contributed by atoms with Gasteiger partial charge in [0, 0.05) is 0 Å². The third-order valence-corrected chi connectivity index (χ3v) is 3.95. The van der Waals surface area contributed by atoms with Crippen molar-refractivity contribution < 1.29 is 0 Å². The smallest absolute Gasteiger partial charge is 0.0417 e. The van der Waals surface area contributed by atoms with Gasteiger partial charge in [-0.25, -0.2) is 0 Å². The topological polar surface area (TPSA) is 0 Å². The average molecular weight is 196 g/mol. The normalized spacial score (nSPS) is 32.1. The molecule has 0 aromatic carbocycles. The Kier molecular flexibility index (Phi) is 6.31. The highest BCUT2D eigenvalue weighted by atomic mass is 14.2. The van der Waals surface area contributed by atoms with Crippen molar-refractivity contribution in [2.75, 3.05) is 0 Å². The summed E-state index contributed by atoms with van der Waals surface area (Å²) in [5.41, 5.74) is 0. The third-order valence-electron chi connectivity index (χ3n) is 3.95. The first-order chi connectivity index (χ1) is 6.83. The monoisotopic (exact) mass is 196 g/mol. The highest BCUT2D eigenvalue weighted by Crippen LogP contribution is 2.25. The zero-order valence-corrected chi connectivity index (χ0v) is 10.2. The summed E-state index contributed by atoms with van der Waals surface area (Å²) in [6.45, 7) is 4.81. The highest BCUT2D eigenvalue weighted by Gasteiger charge is 2.09. The second kappa shape index (κ2) is 7.31. The van der Waals surface area contributed by atoms with Gasteiger partial charge in [0.1, 0.15) is 0 Å². The molecule has 0 aliphatic heterocycles. The van der Waals surface area contributed by atoms with E-state index in [0.717, 1.165) is 11.8 Å². The molecule has 0 aromatic heterocycles. The van der Waals surface area contributed by atoms with E-state index in [1.54, 1.807) is 0 Å². The first-order valence-electron chi connectivity index (χ1n) is 6.83. The van der Waals surface area contributed by atoms with E-state index < -0.39 is 0 Å². The zero-order chi connectivity index (χ0) is 10.2. The molecule has 1 rings (SSSR count). The van der Waals surface area contributed by atoms with Gasteiger partial charge in [-0.05, 0) is 11.8 Å². The van der Waals surface area contributed by atoms with Gasteiger partial charge in [-0.1, -0.05) is 78.1 Å².